The Morgan fingerprint density at radius 1 is 1.07 bits per heavy atom. The Labute approximate surface area is 173 Å². The number of rotatable bonds is 4. The molecule has 3 aromatic heterocycles. The molecule has 0 saturated carbocycles. The average Bonchev–Trinajstić information content (AvgIpc) is 3.06. The molecule has 4 rings (SSSR count). The van der Waals surface area contributed by atoms with Crippen LogP contribution in [0.2, 0.25) is 10.0 Å². The number of thiazole rings is 1. The van der Waals surface area contributed by atoms with Gasteiger partial charge in [-0.2, -0.15) is 0 Å². The van der Waals surface area contributed by atoms with Gasteiger partial charge in [-0.25, -0.2) is 19.9 Å². The van der Waals surface area contributed by atoms with Crippen LogP contribution in [-0.4, -0.2) is 25.8 Å². The minimum Gasteiger partial charge on any atom is -0.324 e. The van der Waals surface area contributed by atoms with Crippen molar-refractivity contribution in [3.05, 3.63) is 52.9 Å². The molecule has 0 saturated heterocycles. The van der Waals surface area contributed by atoms with Gasteiger partial charge in [-0.3, -0.25) is 4.79 Å². The van der Waals surface area contributed by atoms with Crippen molar-refractivity contribution in [3.8, 4) is 10.6 Å². The van der Waals surface area contributed by atoms with Gasteiger partial charge in [-0.15, -0.1) is 11.3 Å². The summed E-state index contributed by atoms with van der Waals surface area (Å²) in [5.41, 5.74) is 1.44. The Morgan fingerprint density at radius 2 is 1.82 bits per heavy atom. The van der Waals surface area contributed by atoms with Crippen LogP contribution in [0.25, 0.3) is 20.8 Å². The van der Waals surface area contributed by atoms with Gasteiger partial charge >= 0.3 is 0 Å². The van der Waals surface area contributed by atoms with Crippen molar-refractivity contribution >= 4 is 68.1 Å². The summed E-state index contributed by atoms with van der Waals surface area (Å²) in [6.07, 6.45) is 3.01. The van der Waals surface area contributed by atoms with Crippen molar-refractivity contribution < 1.29 is 4.79 Å². The van der Waals surface area contributed by atoms with Crippen LogP contribution in [0, 0.1) is 0 Å². The number of hydrogen-bond acceptors (Lipinski definition) is 7. The summed E-state index contributed by atoms with van der Waals surface area (Å²) in [4.78, 5) is 28.4. The van der Waals surface area contributed by atoms with E-state index in [0.29, 0.717) is 38.1 Å². The summed E-state index contributed by atoms with van der Waals surface area (Å²) in [5, 5.41) is 7.52. The standard InChI is InChI=1S/C18H12Cl2N6OS/c1-9(27)24-13-7-14(23-8-22-13)26-17-16-12(5-6-21-17)25-18(28-16)15-10(19)3-2-4-11(15)20/h2-8H,1H3,(H2,21,22,23,24,26,27). The van der Waals surface area contributed by atoms with E-state index in [-0.39, 0.29) is 5.91 Å². The van der Waals surface area contributed by atoms with Crippen molar-refractivity contribution in [2.45, 2.75) is 6.92 Å². The molecule has 2 N–H and O–H groups in total. The number of aromatic nitrogens is 4. The monoisotopic (exact) mass is 430 g/mol. The van der Waals surface area contributed by atoms with Gasteiger partial charge in [0.05, 0.1) is 20.3 Å². The number of benzene rings is 1. The van der Waals surface area contributed by atoms with E-state index in [2.05, 4.69) is 30.6 Å². The second kappa shape index (κ2) is 7.67. The highest BCUT2D eigenvalue weighted by molar-refractivity contribution is 7.22. The zero-order chi connectivity index (χ0) is 19.7. The Balaban J connectivity index is 1.73. The quantitative estimate of drug-likeness (QED) is 0.464. The maximum absolute atomic E-state index is 11.2. The molecule has 0 radical (unpaired) electrons. The topological polar surface area (TPSA) is 92.7 Å². The number of carbonyl (C=O) groups is 1. The molecule has 0 aliphatic rings. The van der Waals surface area contributed by atoms with Crippen LogP contribution in [0.1, 0.15) is 6.92 Å². The molecule has 0 atom stereocenters. The highest BCUT2D eigenvalue weighted by atomic mass is 35.5. The van der Waals surface area contributed by atoms with Crippen molar-refractivity contribution in [3.63, 3.8) is 0 Å². The molecular weight excluding hydrogens is 419 g/mol. The van der Waals surface area contributed by atoms with Gasteiger partial charge in [-0.1, -0.05) is 29.3 Å². The lowest BCUT2D eigenvalue weighted by Crippen LogP contribution is -2.08. The lowest BCUT2D eigenvalue weighted by molar-refractivity contribution is -0.114. The lowest BCUT2D eigenvalue weighted by Gasteiger charge is -2.06. The molecule has 0 bridgehead atoms. The summed E-state index contributed by atoms with van der Waals surface area (Å²) in [7, 11) is 0. The summed E-state index contributed by atoms with van der Waals surface area (Å²) in [6.45, 7) is 1.41. The molecule has 10 heteroatoms. The molecule has 0 unspecified atom stereocenters. The first-order chi connectivity index (χ1) is 13.5. The highest BCUT2D eigenvalue weighted by Crippen LogP contribution is 2.40. The van der Waals surface area contributed by atoms with Gasteiger partial charge in [0.25, 0.3) is 0 Å². The number of fused-ring (bicyclic) bond motifs is 1. The molecule has 0 aliphatic heterocycles. The number of carbonyl (C=O) groups excluding carboxylic acids is 1. The second-order valence-corrected chi connectivity index (χ2v) is 7.53. The first-order valence-electron chi connectivity index (χ1n) is 8.08. The van der Waals surface area contributed by atoms with Crippen LogP contribution in [-0.2, 0) is 4.79 Å². The minimum atomic E-state index is -0.214. The smallest absolute Gasteiger partial charge is 0.222 e. The Hall–Kier alpha value is -2.81. The van der Waals surface area contributed by atoms with E-state index in [1.54, 1.807) is 30.5 Å². The van der Waals surface area contributed by atoms with Crippen molar-refractivity contribution in [1.29, 1.82) is 0 Å². The zero-order valence-electron chi connectivity index (χ0n) is 14.4. The number of pyridine rings is 1. The molecule has 28 heavy (non-hydrogen) atoms. The molecule has 1 aromatic carbocycles. The number of nitrogens with one attached hydrogen (secondary N) is 2. The third kappa shape index (κ3) is 3.75. The molecule has 1 amide bonds. The fourth-order valence-electron chi connectivity index (χ4n) is 2.55. The molecule has 7 nitrogen and oxygen atoms in total. The van der Waals surface area contributed by atoms with E-state index < -0.39 is 0 Å². The molecular formula is C18H12Cl2N6OS. The highest BCUT2D eigenvalue weighted by Gasteiger charge is 2.16. The third-order valence-corrected chi connectivity index (χ3v) is 5.42. The first kappa shape index (κ1) is 18.5. The van der Waals surface area contributed by atoms with E-state index in [1.807, 2.05) is 6.07 Å². The normalized spacial score (nSPS) is 10.8. The van der Waals surface area contributed by atoms with Crippen LogP contribution >= 0.6 is 34.5 Å². The summed E-state index contributed by atoms with van der Waals surface area (Å²) in [5.74, 6) is 1.25. The van der Waals surface area contributed by atoms with Crippen molar-refractivity contribution in [1.82, 2.24) is 19.9 Å². The van der Waals surface area contributed by atoms with E-state index in [1.165, 1.54) is 24.6 Å². The molecule has 4 aromatic rings. The molecule has 0 fully saturated rings. The van der Waals surface area contributed by atoms with E-state index in [4.69, 9.17) is 23.2 Å². The number of hydrogen-bond donors (Lipinski definition) is 2. The number of halogens is 2. The van der Waals surface area contributed by atoms with Crippen molar-refractivity contribution in [2.75, 3.05) is 10.6 Å². The van der Waals surface area contributed by atoms with Crippen LogP contribution in [0.15, 0.2) is 42.9 Å². The van der Waals surface area contributed by atoms with Gasteiger partial charge in [-0.05, 0) is 18.2 Å². The van der Waals surface area contributed by atoms with Gasteiger partial charge in [0.2, 0.25) is 5.91 Å². The third-order valence-electron chi connectivity index (χ3n) is 3.70. The molecule has 0 aliphatic carbocycles. The maximum Gasteiger partial charge on any atom is 0.222 e. The Morgan fingerprint density at radius 3 is 2.57 bits per heavy atom. The average molecular weight is 431 g/mol. The predicted molar refractivity (Wildman–Crippen MR) is 112 cm³/mol. The van der Waals surface area contributed by atoms with Gasteiger partial charge in [0.15, 0.2) is 5.82 Å². The van der Waals surface area contributed by atoms with Crippen LogP contribution < -0.4 is 10.6 Å². The fourth-order valence-corrected chi connectivity index (χ4v) is 4.32. The van der Waals surface area contributed by atoms with Crippen LogP contribution in [0.3, 0.4) is 0 Å². The van der Waals surface area contributed by atoms with Crippen LogP contribution in [0.5, 0.6) is 0 Å². The van der Waals surface area contributed by atoms with Crippen LogP contribution in [0.4, 0.5) is 17.5 Å². The van der Waals surface area contributed by atoms with Gasteiger partial charge in [0, 0.05) is 24.8 Å². The number of amides is 1. The summed E-state index contributed by atoms with van der Waals surface area (Å²) in [6, 6.07) is 8.77. The van der Waals surface area contributed by atoms with E-state index in [9.17, 15) is 4.79 Å². The lowest BCUT2D eigenvalue weighted by atomic mass is 10.2. The largest absolute Gasteiger partial charge is 0.324 e. The minimum absolute atomic E-state index is 0.214. The molecule has 3 heterocycles. The van der Waals surface area contributed by atoms with Crippen molar-refractivity contribution in [2.24, 2.45) is 0 Å². The molecule has 140 valence electrons. The van der Waals surface area contributed by atoms with Gasteiger partial charge < -0.3 is 10.6 Å². The SMILES string of the molecule is CC(=O)Nc1cc(Nc2nccc3nc(-c4c(Cl)cccc4Cl)sc23)ncn1. The van der Waals surface area contributed by atoms with E-state index in [0.717, 1.165) is 10.2 Å². The fraction of sp³-hybridized carbons (Fsp3) is 0.0556. The van der Waals surface area contributed by atoms with Gasteiger partial charge in [0.1, 0.15) is 23.0 Å². The first-order valence-corrected chi connectivity index (χ1v) is 9.65. The molecule has 0 spiro atoms. The predicted octanol–water partition coefficient (Wildman–Crippen LogP) is 5.16. The Bertz CT molecular complexity index is 1180. The summed E-state index contributed by atoms with van der Waals surface area (Å²) < 4.78 is 0.827. The second-order valence-electron chi connectivity index (χ2n) is 5.72. The number of nitrogens with zero attached hydrogens (tertiary/aromatic N) is 4. The summed E-state index contributed by atoms with van der Waals surface area (Å²) >= 11 is 14.1. The number of anilines is 3. The van der Waals surface area contributed by atoms with E-state index >= 15 is 0 Å². The zero-order valence-corrected chi connectivity index (χ0v) is 16.7. The maximum atomic E-state index is 11.2. The Kier molecular flexibility index (Phi) is 5.08.